The van der Waals surface area contributed by atoms with Crippen LogP contribution in [0, 0.1) is 35.5 Å². The van der Waals surface area contributed by atoms with Gasteiger partial charge in [0.15, 0.2) is 5.60 Å². The molecular formula is C24H32O4. The van der Waals surface area contributed by atoms with Crippen LogP contribution >= 0.6 is 0 Å². The first-order chi connectivity index (χ1) is 13.3. The summed E-state index contributed by atoms with van der Waals surface area (Å²) < 4.78 is 11.3. The van der Waals surface area contributed by atoms with Gasteiger partial charge in [0.2, 0.25) is 0 Å². The fourth-order valence-corrected chi connectivity index (χ4v) is 7.19. The van der Waals surface area contributed by atoms with Crippen LogP contribution in [-0.2, 0) is 19.1 Å². The number of hydrogen-bond donors (Lipinski definition) is 0. The molecule has 0 amide bonds. The van der Waals surface area contributed by atoms with Gasteiger partial charge in [-0.05, 0) is 69.1 Å². The molecule has 2 saturated carbocycles. The Kier molecular flexibility index (Phi) is 4.84. The van der Waals surface area contributed by atoms with Crippen molar-refractivity contribution in [1.82, 2.24) is 0 Å². The molecule has 2 fully saturated rings. The summed E-state index contributed by atoms with van der Waals surface area (Å²) in [6.07, 6.45) is 15.2. The van der Waals surface area contributed by atoms with Crippen molar-refractivity contribution in [2.24, 2.45) is 23.2 Å². The Balaban J connectivity index is 1.57. The largest absolute Gasteiger partial charge is 0.462 e. The summed E-state index contributed by atoms with van der Waals surface area (Å²) in [7, 11) is 0. The summed E-state index contributed by atoms with van der Waals surface area (Å²) >= 11 is 0. The van der Waals surface area contributed by atoms with Gasteiger partial charge in [0.25, 0.3) is 0 Å². The second-order valence-electron chi connectivity index (χ2n) is 9.58. The molecule has 6 atom stereocenters. The third-order valence-electron chi connectivity index (χ3n) is 8.33. The van der Waals surface area contributed by atoms with E-state index in [1.54, 1.807) is 11.1 Å². The van der Waals surface area contributed by atoms with E-state index in [-0.39, 0.29) is 23.5 Å². The summed E-state index contributed by atoms with van der Waals surface area (Å²) in [6.45, 7) is 5.25. The van der Waals surface area contributed by atoms with Crippen molar-refractivity contribution in [3.63, 3.8) is 0 Å². The molecule has 28 heavy (non-hydrogen) atoms. The minimum atomic E-state index is -0.740. The lowest BCUT2D eigenvalue weighted by Crippen LogP contribution is -2.52. The third kappa shape index (κ3) is 2.90. The van der Waals surface area contributed by atoms with Crippen LogP contribution in [0.2, 0.25) is 0 Å². The van der Waals surface area contributed by atoms with Crippen molar-refractivity contribution in [1.29, 1.82) is 0 Å². The predicted octanol–water partition coefficient (Wildman–Crippen LogP) is 4.57. The number of ether oxygens (including phenoxy) is 2. The third-order valence-corrected chi connectivity index (χ3v) is 8.33. The molecule has 0 saturated heterocycles. The highest BCUT2D eigenvalue weighted by Crippen LogP contribution is 2.65. The van der Waals surface area contributed by atoms with E-state index in [2.05, 4.69) is 12.8 Å². The van der Waals surface area contributed by atoms with Crippen LogP contribution in [0.4, 0.5) is 0 Å². The fourth-order valence-electron chi connectivity index (χ4n) is 7.19. The number of fused-ring (bicyclic) bond motifs is 4. The van der Waals surface area contributed by atoms with E-state index in [0.717, 1.165) is 51.4 Å². The van der Waals surface area contributed by atoms with Gasteiger partial charge in [0.1, 0.15) is 6.10 Å². The molecule has 152 valence electrons. The summed E-state index contributed by atoms with van der Waals surface area (Å²) in [5.74, 6) is 4.27. The number of allylic oxidation sites excluding steroid dienone is 1. The number of carbonyl (C=O) groups excluding carboxylic acids is 2. The zero-order valence-corrected chi connectivity index (χ0v) is 17.4. The first kappa shape index (κ1) is 19.6. The average Bonchev–Trinajstić information content (AvgIpc) is 2.93. The van der Waals surface area contributed by atoms with Gasteiger partial charge in [-0.2, -0.15) is 0 Å². The van der Waals surface area contributed by atoms with Crippen molar-refractivity contribution >= 4 is 11.9 Å². The van der Waals surface area contributed by atoms with Crippen LogP contribution < -0.4 is 0 Å². The lowest BCUT2D eigenvalue weighted by molar-refractivity contribution is -0.166. The molecule has 0 spiro atoms. The number of rotatable bonds is 2. The topological polar surface area (TPSA) is 52.6 Å². The van der Waals surface area contributed by atoms with Gasteiger partial charge in [-0.3, -0.25) is 9.59 Å². The van der Waals surface area contributed by atoms with E-state index in [1.807, 2.05) is 0 Å². The van der Waals surface area contributed by atoms with Crippen LogP contribution in [-0.4, -0.2) is 23.6 Å². The summed E-state index contributed by atoms with van der Waals surface area (Å²) in [5.41, 5.74) is 2.33. The number of hydrogen-bond acceptors (Lipinski definition) is 4. The summed E-state index contributed by atoms with van der Waals surface area (Å²) in [4.78, 5) is 23.1. The van der Waals surface area contributed by atoms with Crippen molar-refractivity contribution in [3.05, 3.63) is 11.1 Å². The lowest BCUT2D eigenvalue weighted by Gasteiger charge is -2.53. The molecule has 0 aromatic rings. The number of carbonyl (C=O) groups is 2. The molecule has 4 aliphatic rings. The van der Waals surface area contributed by atoms with Gasteiger partial charge in [-0.1, -0.05) is 24.0 Å². The Labute approximate surface area is 168 Å². The highest BCUT2D eigenvalue weighted by Gasteiger charge is 2.63. The Morgan fingerprint density at radius 3 is 2.54 bits per heavy atom. The molecule has 0 bridgehead atoms. The molecule has 0 heterocycles. The first-order valence-electron chi connectivity index (χ1n) is 10.8. The van der Waals surface area contributed by atoms with Gasteiger partial charge in [0, 0.05) is 25.7 Å². The molecule has 4 aliphatic carbocycles. The SMILES string of the molecule is C#C[C@]1(OC(C)=O)CC[C@H]2[C@@H]3CCC4=C(CC[C@H](OC(C)=O)C4)[C@H]3CC[C@@]21C. The van der Waals surface area contributed by atoms with E-state index >= 15 is 0 Å². The Hall–Kier alpha value is -1.76. The van der Waals surface area contributed by atoms with Crippen molar-refractivity contribution in [3.8, 4) is 12.3 Å². The second-order valence-corrected chi connectivity index (χ2v) is 9.58. The first-order valence-corrected chi connectivity index (χ1v) is 10.8. The normalized spacial score (nSPS) is 41.9. The predicted molar refractivity (Wildman–Crippen MR) is 106 cm³/mol. The minimum Gasteiger partial charge on any atom is -0.462 e. The summed E-state index contributed by atoms with van der Waals surface area (Å²) in [6, 6.07) is 0. The van der Waals surface area contributed by atoms with Gasteiger partial charge >= 0.3 is 11.9 Å². The van der Waals surface area contributed by atoms with Crippen molar-refractivity contribution in [2.75, 3.05) is 0 Å². The van der Waals surface area contributed by atoms with Crippen LogP contribution in [0.1, 0.15) is 78.6 Å². The lowest BCUT2D eigenvalue weighted by atomic mass is 9.52. The monoisotopic (exact) mass is 384 g/mol. The summed E-state index contributed by atoms with van der Waals surface area (Å²) in [5, 5.41) is 0. The van der Waals surface area contributed by atoms with E-state index in [0.29, 0.717) is 17.8 Å². The Morgan fingerprint density at radius 2 is 1.86 bits per heavy atom. The molecule has 4 nitrogen and oxygen atoms in total. The van der Waals surface area contributed by atoms with E-state index in [9.17, 15) is 9.59 Å². The maximum absolute atomic E-state index is 11.8. The zero-order valence-electron chi connectivity index (χ0n) is 17.4. The number of esters is 2. The molecular weight excluding hydrogens is 352 g/mol. The molecule has 0 unspecified atom stereocenters. The van der Waals surface area contributed by atoms with E-state index < -0.39 is 5.60 Å². The smallest absolute Gasteiger partial charge is 0.304 e. The van der Waals surface area contributed by atoms with Crippen LogP contribution in [0.25, 0.3) is 0 Å². The van der Waals surface area contributed by atoms with Gasteiger partial charge < -0.3 is 9.47 Å². The molecule has 4 rings (SSSR count). The van der Waals surface area contributed by atoms with Crippen LogP contribution in [0.5, 0.6) is 0 Å². The molecule has 0 radical (unpaired) electrons. The van der Waals surface area contributed by atoms with Crippen LogP contribution in [0.15, 0.2) is 11.1 Å². The standard InChI is InChI=1S/C24H32O4/c1-5-24(28-16(3)26)13-11-22-21-8-6-17-14-18(27-15(2)25)7-9-19(17)20(21)10-12-23(22,24)4/h1,18,20-22H,6-14H2,2-4H3/t18-,20+,21+,22-,23-,24-/m0/s1. The highest BCUT2D eigenvalue weighted by molar-refractivity contribution is 5.67. The number of terminal acetylenes is 1. The molecule has 4 heteroatoms. The minimum absolute atomic E-state index is 0.0613. The van der Waals surface area contributed by atoms with Gasteiger partial charge in [0.05, 0.1) is 0 Å². The Bertz CT molecular complexity index is 759. The maximum atomic E-state index is 11.8. The quantitative estimate of drug-likeness (QED) is 0.398. The molecule has 0 aromatic heterocycles. The van der Waals surface area contributed by atoms with Crippen LogP contribution in [0.3, 0.4) is 0 Å². The average molecular weight is 385 g/mol. The van der Waals surface area contributed by atoms with E-state index in [4.69, 9.17) is 15.9 Å². The van der Waals surface area contributed by atoms with Gasteiger partial charge in [-0.15, -0.1) is 6.42 Å². The zero-order chi connectivity index (χ0) is 20.1. The van der Waals surface area contributed by atoms with E-state index in [1.165, 1.54) is 20.3 Å². The maximum Gasteiger partial charge on any atom is 0.304 e. The van der Waals surface area contributed by atoms with Crippen molar-refractivity contribution < 1.29 is 19.1 Å². The molecule has 0 aliphatic heterocycles. The fraction of sp³-hybridized carbons (Fsp3) is 0.750. The highest BCUT2D eigenvalue weighted by atomic mass is 16.6. The van der Waals surface area contributed by atoms with Crippen molar-refractivity contribution in [2.45, 2.75) is 90.3 Å². The Morgan fingerprint density at radius 1 is 1.07 bits per heavy atom. The second kappa shape index (κ2) is 6.94. The van der Waals surface area contributed by atoms with Gasteiger partial charge in [-0.25, -0.2) is 0 Å². The molecule has 0 N–H and O–H groups in total. The molecule has 0 aromatic carbocycles.